The van der Waals surface area contributed by atoms with Crippen LogP contribution in [0.15, 0.2) is 0 Å². The maximum atomic E-state index is 9.33. The monoisotopic (exact) mass is 185 g/mol. The zero-order chi connectivity index (χ0) is 9.31. The highest BCUT2D eigenvalue weighted by Crippen LogP contribution is 2.45. The van der Waals surface area contributed by atoms with Crippen LogP contribution in [-0.2, 0) is 4.74 Å². The molecule has 1 aliphatic carbocycles. The lowest BCUT2D eigenvalue weighted by molar-refractivity contribution is -0.0367. The van der Waals surface area contributed by atoms with E-state index in [1.165, 1.54) is 6.42 Å². The SMILES string of the molecule is N[C@H]([C@@H]1CCCO1)C1(CO)CCC1. The van der Waals surface area contributed by atoms with Crippen molar-refractivity contribution in [3.05, 3.63) is 0 Å². The summed E-state index contributed by atoms with van der Waals surface area (Å²) in [6, 6.07) is 0.0498. The van der Waals surface area contributed by atoms with Crippen LogP contribution in [0.4, 0.5) is 0 Å². The molecule has 2 fully saturated rings. The highest BCUT2D eigenvalue weighted by Gasteiger charge is 2.45. The Balaban J connectivity index is 1.97. The van der Waals surface area contributed by atoms with Gasteiger partial charge in [-0.15, -0.1) is 0 Å². The zero-order valence-corrected chi connectivity index (χ0v) is 8.04. The molecule has 0 unspecified atom stereocenters. The standard InChI is InChI=1S/C10H19NO2/c11-9(8-3-1-6-13-8)10(7-12)4-2-5-10/h8-9,12H,1-7,11H2/t8-,9+/m0/s1. The van der Waals surface area contributed by atoms with Crippen LogP contribution in [0.25, 0.3) is 0 Å². The molecule has 1 heterocycles. The van der Waals surface area contributed by atoms with Crippen molar-refractivity contribution in [1.29, 1.82) is 0 Å². The zero-order valence-electron chi connectivity index (χ0n) is 8.04. The van der Waals surface area contributed by atoms with Crippen molar-refractivity contribution >= 4 is 0 Å². The number of nitrogens with two attached hydrogens (primary N) is 1. The van der Waals surface area contributed by atoms with Gasteiger partial charge >= 0.3 is 0 Å². The minimum atomic E-state index is -0.00495. The molecule has 0 aromatic carbocycles. The largest absolute Gasteiger partial charge is 0.396 e. The van der Waals surface area contributed by atoms with E-state index >= 15 is 0 Å². The molecule has 0 amide bonds. The number of hydrogen-bond donors (Lipinski definition) is 2. The summed E-state index contributed by atoms with van der Waals surface area (Å²) in [5.41, 5.74) is 6.14. The van der Waals surface area contributed by atoms with Gasteiger partial charge in [0.25, 0.3) is 0 Å². The molecular formula is C10H19NO2. The maximum absolute atomic E-state index is 9.33. The van der Waals surface area contributed by atoms with Crippen LogP contribution in [-0.4, -0.2) is 30.5 Å². The van der Waals surface area contributed by atoms with Gasteiger partial charge in [-0.3, -0.25) is 0 Å². The van der Waals surface area contributed by atoms with Crippen molar-refractivity contribution in [2.45, 2.75) is 44.2 Å². The first-order chi connectivity index (χ1) is 6.28. The summed E-state index contributed by atoms with van der Waals surface area (Å²) in [7, 11) is 0. The molecule has 0 spiro atoms. The molecule has 3 N–H and O–H groups in total. The Morgan fingerprint density at radius 1 is 1.46 bits per heavy atom. The van der Waals surface area contributed by atoms with Gasteiger partial charge < -0.3 is 15.6 Å². The van der Waals surface area contributed by atoms with E-state index in [0.717, 1.165) is 32.3 Å². The molecule has 3 heteroatoms. The third-order valence-corrected chi connectivity index (χ3v) is 3.74. The lowest BCUT2D eigenvalue weighted by atomic mass is 9.63. The third-order valence-electron chi connectivity index (χ3n) is 3.74. The highest BCUT2D eigenvalue weighted by atomic mass is 16.5. The number of aliphatic hydroxyl groups excluding tert-OH is 1. The molecule has 2 rings (SSSR count). The fourth-order valence-electron chi connectivity index (χ4n) is 2.51. The smallest absolute Gasteiger partial charge is 0.0733 e. The lowest BCUT2D eigenvalue weighted by Gasteiger charge is -2.46. The molecule has 1 saturated heterocycles. The van der Waals surface area contributed by atoms with Crippen molar-refractivity contribution in [2.75, 3.05) is 13.2 Å². The van der Waals surface area contributed by atoms with Gasteiger partial charge in [-0.05, 0) is 25.7 Å². The van der Waals surface area contributed by atoms with Gasteiger partial charge in [0.1, 0.15) is 0 Å². The fraction of sp³-hybridized carbons (Fsp3) is 1.00. The molecular weight excluding hydrogens is 166 g/mol. The van der Waals surface area contributed by atoms with Crippen LogP contribution in [0.2, 0.25) is 0 Å². The minimum Gasteiger partial charge on any atom is -0.396 e. The van der Waals surface area contributed by atoms with Gasteiger partial charge in [0, 0.05) is 18.1 Å². The summed E-state index contributed by atoms with van der Waals surface area (Å²) in [6.45, 7) is 1.08. The first kappa shape index (κ1) is 9.44. The van der Waals surface area contributed by atoms with Crippen molar-refractivity contribution in [3.63, 3.8) is 0 Å². The van der Waals surface area contributed by atoms with E-state index in [4.69, 9.17) is 10.5 Å². The normalized spacial score (nSPS) is 34.2. The first-order valence-corrected chi connectivity index (χ1v) is 5.26. The van der Waals surface area contributed by atoms with Gasteiger partial charge in [0.15, 0.2) is 0 Å². The minimum absolute atomic E-state index is 0.00495. The highest BCUT2D eigenvalue weighted by molar-refractivity contribution is 4.99. The van der Waals surface area contributed by atoms with Crippen molar-refractivity contribution < 1.29 is 9.84 Å². The van der Waals surface area contributed by atoms with Gasteiger partial charge in [-0.2, -0.15) is 0 Å². The summed E-state index contributed by atoms with van der Waals surface area (Å²) in [6.07, 6.45) is 5.76. The number of ether oxygens (including phenoxy) is 1. The second-order valence-electron chi connectivity index (χ2n) is 4.45. The molecule has 0 radical (unpaired) electrons. The van der Waals surface area contributed by atoms with E-state index in [0.29, 0.717) is 0 Å². The van der Waals surface area contributed by atoms with Crippen LogP contribution in [0.3, 0.4) is 0 Å². The molecule has 13 heavy (non-hydrogen) atoms. The van der Waals surface area contributed by atoms with Crippen molar-refractivity contribution in [2.24, 2.45) is 11.1 Å². The van der Waals surface area contributed by atoms with Crippen molar-refractivity contribution in [3.8, 4) is 0 Å². The lowest BCUT2D eigenvalue weighted by Crippen LogP contribution is -2.55. The van der Waals surface area contributed by atoms with Gasteiger partial charge in [-0.25, -0.2) is 0 Å². The molecule has 0 aromatic heterocycles. The molecule has 0 bridgehead atoms. The second-order valence-corrected chi connectivity index (χ2v) is 4.45. The Morgan fingerprint density at radius 3 is 2.62 bits per heavy atom. The first-order valence-electron chi connectivity index (χ1n) is 5.26. The van der Waals surface area contributed by atoms with E-state index in [2.05, 4.69) is 0 Å². The predicted octanol–water partition coefficient (Wildman–Crippen LogP) is 0.655. The molecule has 0 aromatic rings. The van der Waals surface area contributed by atoms with E-state index in [-0.39, 0.29) is 24.2 Å². The van der Waals surface area contributed by atoms with Crippen LogP contribution in [0.5, 0.6) is 0 Å². The van der Waals surface area contributed by atoms with Gasteiger partial charge in [0.05, 0.1) is 12.7 Å². The van der Waals surface area contributed by atoms with Gasteiger partial charge in [-0.1, -0.05) is 6.42 Å². The third kappa shape index (κ3) is 1.49. The second kappa shape index (κ2) is 3.56. The Morgan fingerprint density at radius 2 is 2.23 bits per heavy atom. The number of hydrogen-bond acceptors (Lipinski definition) is 3. The predicted molar refractivity (Wildman–Crippen MR) is 50.3 cm³/mol. The van der Waals surface area contributed by atoms with Crippen LogP contribution < -0.4 is 5.73 Å². The molecule has 3 nitrogen and oxygen atoms in total. The topological polar surface area (TPSA) is 55.5 Å². The van der Waals surface area contributed by atoms with Crippen LogP contribution in [0.1, 0.15) is 32.1 Å². The summed E-state index contributed by atoms with van der Waals surface area (Å²) >= 11 is 0. The maximum Gasteiger partial charge on any atom is 0.0733 e. The van der Waals surface area contributed by atoms with E-state index in [1.54, 1.807) is 0 Å². The Labute approximate surface area is 79.3 Å². The molecule has 1 saturated carbocycles. The number of rotatable bonds is 3. The Kier molecular flexibility index (Phi) is 2.58. The Hall–Kier alpha value is -0.120. The summed E-state index contributed by atoms with van der Waals surface area (Å²) in [5, 5.41) is 9.33. The molecule has 1 aliphatic heterocycles. The molecule has 2 aliphatic rings. The van der Waals surface area contributed by atoms with E-state index < -0.39 is 0 Å². The van der Waals surface area contributed by atoms with E-state index in [9.17, 15) is 5.11 Å². The summed E-state index contributed by atoms with van der Waals surface area (Å²) in [4.78, 5) is 0. The average Bonchev–Trinajstić information content (AvgIpc) is 2.54. The summed E-state index contributed by atoms with van der Waals surface area (Å²) in [5.74, 6) is 0. The van der Waals surface area contributed by atoms with E-state index in [1.807, 2.05) is 0 Å². The average molecular weight is 185 g/mol. The Bertz CT molecular complexity index is 168. The fourth-order valence-corrected chi connectivity index (χ4v) is 2.51. The van der Waals surface area contributed by atoms with Crippen LogP contribution >= 0.6 is 0 Å². The van der Waals surface area contributed by atoms with Crippen LogP contribution in [0, 0.1) is 5.41 Å². The quantitative estimate of drug-likeness (QED) is 0.679. The summed E-state index contributed by atoms with van der Waals surface area (Å²) < 4.78 is 5.56. The molecule has 2 atom stereocenters. The molecule has 76 valence electrons. The number of aliphatic hydroxyl groups is 1. The van der Waals surface area contributed by atoms with Crippen molar-refractivity contribution in [1.82, 2.24) is 0 Å². The van der Waals surface area contributed by atoms with Gasteiger partial charge in [0.2, 0.25) is 0 Å².